The number of aromatic nitrogens is 3. The molecular formula is C18H12N4OS. The summed E-state index contributed by atoms with van der Waals surface area (Å²) in [5.74, 6) is 0.296. The summed E-state index contributed by atoms with van der Waals surface area (Å²) < 4.78 is 0.961. The van der Waals surface area contributed by atoms with E-state index in [-0.39, 0.29) is 5.91 Å². The summed E-state index contributed by atoms with van der Waals surface area (Å²) in [6, 6.07) is 14.8. The highest BCUT2D eigenvalue weighted by molar-refractivity contribution is 7.21. The van der Waals surface area contributed by atoms with E-state index in [1.54, 1.807) is 48.1 Å². The summed E-state index contributed by atoms with van der Waals surface area (Å²) >= 11 is 1.54. The van der Waals surface area contributed by atoms with Gasteiger partial charge in [-0.15, -0.1) is 11.3 Å². The summed E-state index contributed by atoms with van der Waals surface area (Å²) in [6.45, 7) is 0. The van der Waals surface area contributed by atoms with Gasteiger partial charge in [0, 0.05) is 24.2 Å². The van der Waals surface area contributed by atoms with Crippen molar-refractivity contribution in [1.82, 2.24) is 15.0 Å². The fourth-order valence-corrected chi connectivity index (χ4v) is 3.35. The SMILES string of the molecule is O=C(Nc1ccccn1)c1cccc2sc(-c3cccnc3)nc12. The first kappa shape index (κ1) is 14.5. The molecule has 0 radical (unpaired) electrons. The molecule has 116 valence electrons. The molecule has 3 heterocycles. The lowest BCUT2D eigenvalue weighted by atomic mass is 10.2. The number of hydrogen-bond acceptors (Lipinski definition) is 5. The number of amides is 1. The van der Waals surface area contributed by atoms with Crippen LogP contribution in [0.2, 0.25) is 0 Å². The van der Waals surface area contributed by atoms with Gasteiger partial charge in [0.15, 0.2) is 0 Å². The molecule has 0 spiro atoms. The Kier molecular flexibility index (Phi) is 3.72. The molecule has 0 fully saturated rings. The number of rotatable bonds is 3. The second-order valence-corrected chi connectivity index (χ2v) is 6.11. The van der Waals surface area contributed by atoms with E-state index in [9.17, 15) is 4.79 Å². The van der Waals surface area contributed by atoms with E-state index in [1.807, 2.05) is 30.3 Å². The first-order valence-corrected chi connectivity index (χ1v) is 8.15. The van der Waals surface area contributed by atoms with Crippen LogP contribution in [0.1, 0.15) is 10.4 Å². The molecule has 1 aromatic carbocycles. The Morgan fingerprint density at radius 3 is 2.75 bits per heavy atom. The number of fused-ring (bicyclic) bond motifs is 1. The van der Waals surface area contributed by atoms with Crippen molar-refractivity contribution in [3.8, 4) is 10.6 Å². The van der Waals surface area contributed by atoms with Crippen LogP contribution in [-0.2, 0) is 0 Å². The van der Waals surface area contributed by atoms with Gasteiger partial charge in [-0.25, -0.2) is 9.97 Å². The van der Waals surface area contributed by atoms with Gasteiger partial charge >= 0.3 is 0 Å². The lowest BCUT2D eigenvalue weighted by Crippen LogP contribution is -2.13. The normalized spacial score (nSPS) is 10.7. The van der Waals surface area contributed by atoms with Crippen LogP contribution < -0.4 is 5.32 Å². The van der Waals surface area contributed by atoms with E-state index in [4.69, 9.17) is 0 Å². The van der Waals surface area contributed by atoms with Gasteiger partial charge in [-0.2, -0.15) is 0 Å². The molecule has 24 heavy (non-hydrogen) atoms. The summed E-state index contributed by atoms with van der Waals surface area (Å²) in [7, 11) is 0. The highest BCUT2D eigenvalue weighted by Gasteiger charge is 2.15. The maximum absolute atomic E-state index is 12.6. The van der Waals surface area contributed by atoms with Crippen LogP contribution in [0.15, 0.2) is 67.1 Å². The number of para-hydroxylation sites is 1. The maximum Gasteiger partial charge on any atom is 0.259 e. The summed E-state index contributed by atoms with van der Waals surface area (Å²) in [4.78, 5) is 25.5. The standard InChI is InChI=1S/C18H12N4OS/c23-17(21-15-8-1-2-10-20-15)13-6-3-7-14-16(13)22-18(24-14)12-5-4-9-19-11-12/h1-11H,(H,20,21,23). The van der Waals surface area contributed by atoms with Crippen LogP contribution in [-0.4, -0.2) is 20.9 Å². The number of anilines is 1. The number of hydrogen-bond donors (Lipinski definition) is 1. The second kappa shape index (κ2) is 6.17. The van der Waals surface area contributed by atoms with E-state index in [2.05, 4.69) is 20.3 Å². The minimum atomic E-state index is -0.220. The van der Waals surface area contributed by atoms with Crippen LogP contribution in [0.4, 0.5) is 5.82 Å². The van der Waals surface area contributed by atoms with E-state index in [0.29, 0.717) is 16.9 Å². The van der Waals surface area contributed by atoms with Gasteiger partial charge in [0.1, 0.15) is 10.8 Å². The van der Waals surface area contributed by atoms with Crippen molar-refractivity contribution in [1.29, 1.82) is 0 Å². The summed E-state index contributed by atoms with van der Waals surface area (Å²) in [5.41, 5.74) is 2.16. The average molecular weight is 332 g/mol. The smallest absolute Gasteiger partial charge is 0.259 e. The lowest BCUT2D eigenvalue weighted by Gasteiger charge is -2.04. The summed E-state index contributed by atoms with van der Waals surface area (Å²) in [6.07, 6.45) is 5.13. The molecule has 0 aliphatic heterocycles. The molecular weight excluding hydrogens is 320 g/mol. The van der Waals surface area contributed by atoms with Crippen molar-refractivity contribution in [3.63, 3.8) is 0 Å². The van der Waals surface area contributed by atoms with Gasteiger partial charge in [-0.3, -0.25) is 9.78 Å². The van der Waals surface area contributed by atoms with E-state index in [1.165, 1.54) is 0 Å². The number of carbonyl (C=O) groups is 1. The molecule has 1 N–H and O–H groups in total. The Balaban J connectivity index is 1.73. The van der Waals surface area contributed by atoms with Crippen LogP contribution in [0.3, 0.4) is 0 Å². The third kappa shape index (κ3) is 2.75. The Hall–Kier alpha value is -3.12. The van der Waals surface area contributed by atoms with Crippen molar-refractivity contribution in [2.24, 2.45) is 0 Å². The van der Waals surface area contributed by atoms with Gasteiger partial charge in [0.2, 0.25) is 0 Å². The maximum atomic E-state index is 12.6. The third-order valence-corrected chi connectivity index (χ3v) is 4.55. The fourth-order valence-electron chi connectivity index (χ4n) is 2.36. The van der Waals surface area contributed by atoms with Gasteiger partial charge in [0.05, 0.1) is 15.8 Å². The van der Waals surface area contributed by atoms with Gasteiger partial charge in [-0.1, -0.05) is 12.1 Å². The number of nitrogens with one attached hydrogen (secondary N) is 1. The van der Waals surface area contributed by atoms with Crippen molar-refractivity contribution in [2.75, 3.05) is 5.32 Å². The Morgan fingerprint density at radius 2 is 1.96 bits per heavy atom. The van der Waals surface area contributed by atoms with Crippen molar-refractivity contribution in [3.05, 3.63) is 72.7 Å². The van der Waals surface area contributed by atoms with Crippen molar-refractivity contribution in [2.45, 2.75) is 0 Å². The topological polar surface area (TPSA) is 67.8 Å². The quantitative estimate of drug-likeness (QED) is 0.615. The number of thiazole rings is 1. The van der Waals surface area contributed by atoms with Crippen LogP contribution >= 0.6 is 11.3 Å². The first-order chi connectivity index (χ1) is 11.8. The minimum Gasteiger partial charge on any atom is -0.306 e. The van der Waals surface area contributed by atoms with Crippen LogP contribution in [0.25, 0.3) is 20.8 Å². The van der Waals surface area contributed by atoms with Crippen molar-refractivity contribution >= 4 is 33.3 Å². The first-order valence-electron chi connectivity index (χ1n) is 7.33. The molecule has 0 saturated carbocycles. The van der Waals surface area contributed by atoms with E-state index >= 15 is 0 Å². The Morgan fingerprint density at radius 1 is 1.00 bits per heavy atom. The van der Waals surface area contributed by atoms with E-state index < -0.39 is 0 Å². The van der Waals surface area contributed by atoms with Gasteiger partial charge in [-0.05, 0) is 36.4 Å². The van der Waals surface area contributed by atoms with Gasteiger partial charge in [0.25, 0.3) is 5.91 Å². The fraction of sp³-hybridized carbons (Fsp3) is 0. The number of nitrogens with zero attached hydrogens (tertiary/aromatic N) is 3. The highest BCUT2D eigenvalue weighted by Crippen LogP contribution is 2.31. The molecule has 1 amide bonds. The third-order valence-electron chi connectivity index (χ3n) is 3.48. The monoisotopic (exact) mass is 332 g/mol. The minimum absolute atomic E-state index is 0.220. The molecule has 3 aromatic heterocycles. The Bertz CT molecular complexity index is 999. The predicted molar refractivity (Wildman–Crippen MR) is 95.0 cm³/mol. The Labute approximate surface area is 142 Å². The zero-order valence-electron chi connectivity index (χ0n) is 12.5. The summed E-state index contributed by atoms with van der Waals surface area (Å²) in [5, 5.41) is 3.65. The molecule has 4 aromatic rings. The largest absolute Gasteiger partial charge is 0.306 e. The predicted octanol–water partition coefficient (Wildman–Crippen LogP) is 4.01. The average Bonchev–Trinajstić information content (AvgIpc) is 3.07. The van der Waals surface area contributed by atoms with Crippen molar-refractivity contribution < 1.29 is 4.79 Å². The zero-order chi connectivity index (χ0) is 16.4. The molecule has 0 atom stereocenters. The molecule has 0 saturated heterocycles. The number of carbonyl (C=O) groups excluding carboxylic acids is 1. The molecule has 0 aliphatic rings. The molecule has 5 nitrogen and oxygen atoms in total. The van der Waals surface area contributed by atoms with E-state index in [0.717, 1.165) is 15.3 Å². The number of pyridine rings is 2. The molecule has 0 unspecified atom stereocenters. The molecule has 4 rings (SSSR count). The zero-order valence-corrected chi connectivity index (χ0v) is 13.3. The van der Waals surface area contributed by atoms with Gasteiger partial charge < -0.3 is 5.32 Å². The van der Waals surface area contributed by atoms with Crippen LogP contribution in [0.5, 0.6) is 0 Å². The molecule has 0 aliphatic carbocycles. The number of benzene rings is 1. The molecule has 0 bridgehead atoms. The second-order valence-electron chi connectivity index (χ2n) is 5.08. The molecule has 6 heteroatoms. The highest BCUT2D eigenvalue weighted by atomic mass is 32.1. The van der Waals surface area contributed by atoms with Crippen LogP contribution in [0, 0.1) is 0 Å². The lowest BCUT2D eigenvalue weighted by molar-refractivity contribution is 0.102.